The summed E-state index contributed by atoms with van der Waals surface area (Å²) in [5, 5.41) is 26.0. The highest BCUT2D eigenvalue weighted by Crippen LogP contribution is 2.35. The van der Waals surface area contributed by atoms with Gasteiger partial charge >= 0.3 is 0 Å². The number of aryl methyl sites for hydroxylation is 2. The van der Waals surface area contributed by atoms with E-state index in [2.05, 4.69) is 41.7 Å². The number of para-hydroxylation sites is 2. The molecule has 0 aromatic heterocycles. The largest absolute Gasteiger partial charge is 0.322 e. The molecule has 0 saturated heterocycles. The average Bonchev–Trinajstić information content (AvgIpc) is 3.25. The lowest BCUT2D eigenvalue weighted by Crippen LogP contribution is -2.32. The maximum Gasteiger partial charge on any atom is 0.258 e. The van der Waals surface area contributed by atoms with Gasteiger partial charge in [0.15, 0.2) is 11.6 Å². The van der Waals surface area contributed by atoms with Crippen LogP contribution in [0.5, 0.6) is 0 Å². The van der Waals surface area contributed by atoms with E-state index in [9.17, 15) is 28.8 Å². The van der Waals surface area contributed by atoms with E-state index in [0.29, 0.717) is 36.0 Å². The summed E-state index contributed by atoms with van der Waals surface area (Å²) in [6.07, 6.45) is 1.04. The summed E-state index contributed by atoms with van der Waals surface area (Å²) in [4.78, 5) is 78.3. The second-order valence-electron chi connectivity index (χ2n) is 13.6. The Morgan fingerprint density at radius 2 is 0.875 bits per heavy atom. The van der Waals surface area contributed by atoms with Crippen LogP contribution in [0.1, 0.15) is 45.7 Å². The molecular weight excluding hydrogens is 949 g/mol. The van der Waals surface area contributed by atoms with Crippen LogP contribution in [0.25, 0.3) is 0 Å². The predicted octanol–water partition coefficient (Wildman–Crippen LogP) is 11.7. The molecule has 4 N–H and O–H groups in total. The highest BCUT2D eigenvalue weighted by atomic mass is 35.5. The number of hydrogen-bond donors (Lipinski definition) is 4. The molecule has 0 aliphatic heterocycles. The van der Waals surface area contributed by atoms with Gasteiger partial charge in [-0.3, -0.25) is 28.8 Å². The Morgan fingerprint density at radius 3 is 1.23 bits per heavy atom. The van der Waals surface area contributed by atoms with E-state index >= 15 is 0 Å². The summed E-state index contributed by atoms with van der Waals surface area (Å²) in [5.41, 5.74) is 2.76. The van der Waals surface area contributed by atoms with E-state index in [-0.39, 0.29) is 54.0 Å². The molecule has 330 valence electrons. The summed E-state index contributed by atoms with van der Waals surface area (Å²) in [7, 11) is 0. The molecule has 0 saturated carbocycles. The number of ketones is 2. The first kappa shape index (κ1) is 49.3. The number of nitrogens with zero attached hydrogens (tertiary/aromatic N) is 4. The standard InChI is InChI=1S/C44H36Cl6N8O6/c1-23(59)39(57-55-33-15-7-11-27(37(33)49)41(61)51-31-13-5-3-9-25(31)17-19-45)43(63)53-35-21-30(48)36(22-29(35)47)54-44(64)40(24(2)60)58-56-34-16-8-12-28(38(34)50)42(62)52-32-14-6-4-10-26(32)18-20-46/h3-16,21-22,39-40H,17-20H2,1-2H3,(H,51,61)(H,52,62)(H,53,63)(H,54,64). The molecule has 0 aliphatic carbocycles. The molecule has 0 bridgehead atoms. The molecule has 5 rings (SSSR count). The molecule has 0 fully saturated rings. The number of halogens is 6. The predicted molar refractivity (Wildman–Crippen MR) is 252 cm³/mol. The Labute approximate surface area is 397 Å². The van der Waals surface area contributed by atoms with Gasteiger partial charge in [0, 0.05) is 23.1 Å². The molecule has 20 heteroatoms. The molecule has 2 unspecified atom stereocenters. The number of alkyl halides is 2. The maximum atomic E-state index is 13.3. The molecule has 0 aliphatic rings. The second kappa shape index (κ2) is 23.3. The lowest BCUT2D eigenvalue weighted by molar-refractivity contribution is -0.127. The van der Waals surface area contributed by atoms with Crippen LogP contribution in [0, 0.1) is 0 Å². The Bertz CT molecular complexity index is 2500. The van der Waals surface area contributed by atoms with Crippen molar-refractivity contribution < 1.29 is 28.8 Å². The third-order valence-corrected chi connectivity index (χ3v) is 10.9. The van der Waals surface area contributed by atoms with Gasteiger partial charge < -0.3 is 21.3 Å². The van der Waals surface area contributed by atoms with Gasteiger partial charge in [-0.1, -0.05) is 94.9 Å². The van der Waals surface area contributed by atoms with Gasteiger partial charge in [0.1, 0.15) is 11.4 Å². The van der Waals surface area contributed by atoms with Crippen LogP contribution in [-0.4, -0.2) is 59.0 Å². The van der Waals surface area contributed by atoms with E-state index in [4.69, 9.17) is 69.6 Å². The highest BCUT2D eigenvalue weighted by molar-refractivity contribution is 6.39. The monoisotopic (exact) mass is 982 g/mol. The van der Waals surface area contributed by atoms with E-state index in [1.165, 1.54) is 48.5 Å². The molecule has 0 heterocycles. The summed E-state index contributed by atoms with van der Waals surface area (Å²) in [6.45, 7) is 2.24. The number of amides is 4. The minimum absolute atomic E-state index is 0.00649. The molecule has 64 heavy (non-hydrogen) atoms. The van der Waals surface area contributed by atoms with Crippen molar-refractivity contribution >= 4 is 139 Å². The lowest BCUT2D eigenvalue weighted by Gasteiger charge is -2.15. The number of Topliss-reactive ketones (excluding diaryl/α,β-unsaturated/α-hetero) is 2. The highest BCUT2D eigenvalue weighted by Gasteiger charge is 2.27. The minimum atomic E-state index is -1.69. The molecular formula is C44H36Cl6N8O6. The SMILES string of the molecule is CC(=O)C(N=Nc1cccc(C(=O)Nc2ccccc2CCCl)c1Cl)C(=O)Nc1cc(Cl)c(NC(=O)C(N=Nc2cccc(C(=O)Nc3ccccc3CCCl)c2Cl)C(C)=O)cc1Cl. The number of nitrogens with one attached hydrogen (secondary N) is 4. The molecule has 5 aromatic rings. The van der Waals surface area contributed by atoms with Crippen LogP contribution >= 0.6 is 69.6 Å². The third-order valence-electron chi connectivity index (χ3n) is 9.11. The zero-order valence-electron chi connectivity index (χ0n) is 33.7. The fourth-order valence-corrected chi connectivity index (χ4v) is 7.19. The molecule has 5 aromatic carbocycles. The van der Waals surface area contributed by atoms with Gasteiger partial charge in [0.2, 0.25) is 12.1 Å². The number of anilines is 4. The van der Waals surface area contributed by atoms with Crippen LogP contribution in [0.3, 0.4) is 0 Å². The first-order valence-corrected chi connectivity index (χ1v) is 21.6. The van der Waals surface area contributed by atoms with Gasteiger partial charge in [0.25, 0.3) is 23.6 Å². The molecule has 4 amide bonds. The molecule has 0 spiro atoms. The number of hydrogen-bond acceptors (Lipinski definition) is 10. The Morgan fingerprint density at radius 1 is 0.500 bits per heavy atom. The maximum absolute atomic E-state index is 13.3. The third kappa shape index (κ3) is 12.7. The Balaban J connectivity index is 1.27. The zero-order valence-corrected chi connectivity index (χ0v) is 38.3. The van der Waals surface area contributed by atoms with Crippen molar-refractivity contribution in [1.82, 2.24) is 0 Å². The fraction of sp³-hybridized carbons (Fsp3) is 0.182. The van der Waals surface area contributed by atoms with E-state index in [1.807, 2.05) is 24.3 Å². The van der Waals surface area contributed by atoms with Crippen molar-refractivity contribution in [2.75, 3.05) is 33.0 Å². The van der Waals surface area contributed by atoms with E-state index < -0.39 is 47.3 Å². The van der Waals surface area contributed by atoms with E-state index in [1.54, 1.807) is 24.3 Å². The van der Waals surface area contributed by atoms with Crippen LogP contribution in [-0.2, 0) is 32.0 Å². The molecule has 14 nitrogen and oxygen atoms in total. The molecule has 0 radical (unpaired) electrons. The van der Waals surface area contributed by atoms with Crippen molar-refractivity contribution in [3.05, 3.63) is 139 Å². The van der Waals surface area contributed by atoms with Crippen LogP contribution in [0.15, 0.2) is 118 Å². The van der Waals surface area contributed by atoms with Gasteiger partial charge in [-0.05, 0) is 86.3 Å². The van der Waals surface area contributed by atoms with Gasteiger partial charge in [-0.2, -0.15) is 20.5 Å². The zero-order chi connectivity index (χ0) is 46.5. The van der Waals surface area contributed by atoms with Crippen molar-refractivity contribution in [3.63, 3.8) is 0 Å². The van der Waals surface area contributed by atoms with Crippen LogP contribution in [0.4, 0.5) is 34.1 Å². The average molecular weight is 986 g/mol. The van der Waals surface area contributed by atoms with Gasteiger partial charge in [0.05, 0.1) is 42.6 Å². The van der Waals surface area contributed by atoms with Crippen molar-refractivity contribution in [1.29, 1.82) is 0 Å². The quantitative estimate of drug-likeness (QED) is 0.0382. The lowest BCUT2D eigenvalue weighted by atomic mass is 10.1. The van der Waals surface area contributed by atoms with Crippen LogP contribution in [0.2, 0.25) is 20.1 Å². The summed E-state index contributed by atoms with van der Waals surface area (Å²) < 4.78 is 0. The Kier molecular flexibility index (Phi) is 17.9. The summed E-state index contributed by atoms with van der Waals surface area (Å²) >= 11 is 37.8. The molecule has 2 atom stereocenters. The summed E-state index contributed by atoms with van der Waals surface area (Å²) in [6, 6.07) is 22.2. The summed E-state index contributed by atoms with van der Waals surface area (Å²) in [5.74, 6) is -3.65. The first-order valence-electron chi connectivity index (χ1n) is 19.0. The first-order chi connectivity index (χ1) is 30.6. The number of benzene rings is 5. The van der Waals surface area contributed by atoms with Gasteiger partial charge in [-0.15, -0.1) is 23.2 Å². The fourth-order valence-electron chi connectivity index (χ4n) is 5.87. The number of carbonyl (C=O) groups excluding carboxylic acids is 6. The van der Waals surface area contributed by atoms with Crippen molar-refractivity contribution in [2.45, 2.75) is 38.8 Å². The van der Waals surface area contributed by atoms with E-state index in [0.717, 1.165) is 25.0 Å². The number of azo groups is 2. The Hall–Kier alpha value is -5.74. The van der Waals surface area contributed by atoms with Gasteiger partial charge in [-0.25, -0.2) is 0 Å². The van der Waals surface area contributed by atoms with Crippen LogP contribution < -0.4 is 21.3 Å². The topological polar surface area (TPSA) is 200 Å². The number of carbonyl (C=O) groups is 6. The number of rotatable bonds is 18. The second-order valence-corrected chi connectivity index (χ2v) is 16.0. The minimum Gasteiger partial charge on any atom is -0.322 e. The van der Waals surface area contributed by atoms with Crippen molar-refractivity contribution in [3.8, 4) is 0 Å². The smallest absolute Gasteiger partial charge is 0.258 e. The van der Waals surface area contributed by atoms with Crippen molar-refractivity contribution in [2.24, 2.45) is 20.5 Å². The normalized spacial score (nSPS) is 12.1.